The number of hydrogen-bond donors (Lipinski definition) is 2. The van der Waals surface area contributed by atoms with E-state index < -0.39 is 0 Å². The van der Waals surface area contributed by atoms with E-state index in [2.05, 4.69) is 44.7 Å². The maximum absolute atomic E-state index is 4.35. The van der Waals surface area contributed by atoms with Crippen molar-refractivity contribution in [3.05, 3.63) is 47.7 Å². The van der Waals surface area contributed by atoms with E-state index in [9.17, 15) is 0 Å². The molecule has 2 aliphatic rings. The minimum absolute atomic E-state index is 0.533. The Hall–Kier alpha value is -1.81. The molecule has 2 heterocycles. The van der Waals surface area contributed by atoms with E-state index >= 15 is 0 Å². The zero-order valence-electron chi connectivity index (χ0n) is 11.5. The minimum Gasteiger partial charge on any atom is -0.370 e. The van der Waals surface area contributed by atoms with Crippen molar-refractivity contribution in [2.24, 2.45) is 5.92 Å². The zero-order valence-corrected chi connectivity index (χ0v) is 11.5. The summed E-state index contributed by atoms with van der Waals surface area (Å²) in [4.78, 5) is 0. The predicted octanol–water partition coefficient (Wildman–Crippen LogP) is 2.20. The van der Waals surface area contributed by atoms with E-state index in [1.165, 1.54) is 24.0 Å². The molecule has 20 heavy (non-hydrogen) atoms. The van der Waals surface area contributed by atoms with E-state index in [1.54, 1.807) is 0 Å². The second-order valence-electron chi connectivity index (χ2n) is 5.84. The molecular formula is C16H20N4. The van der Waals surface area contributed by atoms with Gasteiger partial charge in [-0.1, -0.05) is 24.3 Å². The van der Waals surface area contributed by atoms with Crippen LogP contribution in [0.4, 0.5) is 5.82 Å². The molecule has 0 unspecified atom stereocenters. The molecule has 0 bridgehead atoms. The standard InChI is InChI=1S/C16H20N4/c1-2-4-14-13(3-1)5-6-15(14)17-9-12-10-18-16-7-8-19-20(16)11-12/h1-4,7-8,12,15,17-18H,5-6,9-11H2/t12-,15+/m1/s1. The minimum atomic E-state index is 0.533. The van der Waals surface area contributed by atoms with E-state index in [-0.39, 0.29) is 0 Å². The van der Waals surface area contributed by atoms with Gasteiger partial charge in [0.15, 0.2) is 0 Å². The molecule has 1 aliphatic heterocycles. The maximum Gasteiger partial charge on any atom is 0.124 e. The van der Waals surface area contributed by atoms with E-state index in [1.807, 2.05) is 12.3 Å². The smallest absolute Gasteiger partial charge is 0.124 e. The first-order chi connectivity index (χ1) is 9.90. The van der Waals surface area contributed by atoms with Crippen LogP contribution in [0.25, 0.3) is 0 Å². The molecule has 0 saturated heterocycles. The van der Waals surface area contributed by atoms with Crippen molar-refractivity contribution in [3.8, 4) is 0 Å². The average Bonchev–Trinajstić information content (AvgIpc) is 3.11. The topological polar surface area (TPSA) is 41.9 Å². The van der Waals surface area contributed by atoms with Crippen LogP contribution in [0.2, 0.25) is 0 Å². The van der Waals surface area contributed by atoms with Gasteiger partial charge in [-0.15, -0.1) is 0 Å². The van der Waals surface area contributed by atoms with Gasteiger partial charge in [0.05, 0.1) is 6.20 Å². The SMILES string of the molecule is c1ccc2c(c1)CC[C@@H]2NC[C@@H]1CNc2ccnn2C1. The Balaban J connectivity index is 1.38. The Morgan fingerprint density at radius 3 is 3.25 bits per heavy atom. The lowest BCUT2D eigenvalue weighted by Gasteiger charge is -2.26. The Morgan fingerprint density at radius 2 is 2.25 bits per heavy atom. The molecule has 1 aromatic heterocycles. The fourth-order valence-corrected chi connectivity index (χ4v) is 3.40. The second kappa shape index (κ2) is 4.94. The number of aryl methyl sites for hydroxylation is 1. The maximum atomic E-state index is 4.35. The summed E-state index contributed by atoms with van der Waals surface area (Å²) >= 11 is 0. The summed E-state index contributed by atoms with van der Waals surface area (Å²) in [5, 5.41) is 11.5. The van der Waals surface area contributed by atoms with Gasteiger partial charge in [0.25, 0.3) is 0 Å². The highest BCUT2D eigenvalue weighted by molar-refractivity contribution is 5.36. The third-order valence-electron chi connectivity index (χ3n) is 4.51. The molecule has 0 saturated carbocycles. The first-order valence-electron chi connectivity index (χ1n) is 7.47. The Bertz CT molecular complexity index is 604. The first-order valence-corrected chi connectivity index (χ1v) is 7.47. The van der Waals surface area contributed by atoms with Crippen LogP contribution in [-0.2, 0) is 13.0 Å². The van der Waals surface area contributed by atoms with Crippen molar-refractivity contribution in [2.45, 2.75) is 25.4 Å². The van der Waals surface area contributed by atoms with E-state index in [0.717, 1.165) is 25.5 Å². The molecule has 4 rings (SSSR count). The van der Waals surface area contributed by atoms with Crippen LogP contribution in [0.15, 0.2) is 36.5 Å². The summed E-state index contributed by atoms with van der Waals surface area (Å²) < 4.78 is 2.07. The highest BCUT2D eigenvalue weighted by atomic mass is 15.3. The van der Waals surface area contributed by atoms with Gasteiger partial charge in [0, 0.05) is 37.7 Å². The summed E-state index contributed by atoms with van der Waals surface area (Å²) in [7, 11) is 0. The van der Waals surface area contributed by atoms with Crippen LogP contribution in [0.5, 0.6) is 0 Å². The molecule has 0 radical (unpaired) electrons. The van der Waals surface area contributed by atoms with Crippen LogP contribution in [0, 0.1) is 5.92 Å². The van der Waals surface area contributed by atoms with Crippen LogP contribution in [-0.4, -0.2) is 22.9 Å². The Kier molecular flexibility index (Phi) is 2.96. The van der Waals surface area contributed by atoms with Crippen LogP contribution in [0.1, 0.15) is 23.6 Å². The third-order valence-corrected chi connectivity index (χ3v) is 4.51. The van der Waals surface area contributed by atoms with Gasteiger partial charge in [0.2, 0.25) is 0 Å². The molecule has 1 aromatic carbocycles. The van der Waals surface area contributed by atoms with Crippen molar-refractivity contribution in [3.63, 3.8) is 0 Å². The van der Waals surface area contributed by atoms with Crippen molar-refractivity contribution in [2.75, 3.05) is 18.4 Å². The fraction of sp³-hybridized carbons (Fsp3) is 0.438. The van der Waals surface area contributed by atoms with Gasteiger partial charge in [-0.3, -0.25) is 0 Å². The van der Waals surface area contributed by atoms with Crippen LogP contribution in [0.3, 0.4) is 0 Å². The Morgan fingerprint density at radius 1 is 1.30 bits per heavy atom. The molecule has 2 aromatic rings. The third kappa shape index (κ3) is 2.10. The fourth-order valence-electron chi connectivity index (χ4n) is 3.40. The Labute approximate surface area is 119 Å². The highest BCUT2D eigenvalue weighted by Crippen LogP contribution is 2.30. The van der Waals surface area contributed by atoms with Gasteiger partial charge in [-0.05, 0) is 24.0 Å². The largest absolute Gasteiger partial charge is 0.370 e. The molecule has 2 N–H and O–H groups in total. The molecule has 4 nitrogen and oxygen atoms in total. The average molecular weight is 268 g/mol. The number of aromatic nitrogens is 2. The molecular weight excluding hydrogens is 248 g/mol. The summed E-state index contributed by atoms with van der Waals surface area (Å²) in [5.41, 5.74) is 3.01. The van der Waals surface area contributed by atoms with Gasteiger partial charge in [0.1, 0.15) is 5.82 Å². The number of nitrogens with one attached hydrogen (secondary N) is 2. The monoisotopic (exact) mass is 268 g/mol. The van der Waals surface area contributed by atoms with Crippen molar-refractivity contribution in [1.29, 1.82) is 0 Å². The van der Waals surface area contributed by atoms with Gasteiger partial charge in [-0.2, -0.15) is 5.10 Å². The molecule has 0 spiro atoms. The molecule has 0 amide bonds. The molecule has 0 fully saturated rings. The van der Waals surface area contributed by atoms with Crippen LogP contribution < -0.4 is 10.6 Å². The highest BCUT2D eigenvalue weighted by Gasteiger charge is 2.24. The van der Waals surface area contributed by atoms with Crippen molar-refractivity contribution >= 4 is 5.82 Å². The molecule has 104 valence electrons. The number of anilines is 1. The molecule has 2 atom stereocenters. The number of benzene rings is 1. The summed E-state index contributed by atoms with van der Waals surface area (Å²) in [6.45, 7) is 3.09. The molecule has 1 aliphatic carbocycles. The van der Waals surface area contributed by atoms with E-state index in [0.29, 0.717) is 12.0 Å². The lowest BCUT2D eigenvalue weighted by Crippen LogP contribution is -2.36. The first kappa shape index (κ1) is 12.0. The normalized spacial score (nSPS) is 24.0. The van der Waals surface area contributed by atoms with Crippen molar-refractivity contribution in [1.82, 2.24) is 15.1 Å². The summed E-state index contributed by atoms with van der Waals surface area (Å²) in [5.74, 6) is 1.75. The number of rotatable bonds is 3. The van der Waals surface area contributed by atoms with Gasteiger partial charge < -0.3 is 10.6 Å². The van der Waals surface area contributed by atoms with Crippen LogP contribution >= 0.6 is 0 Å². The van der Waals surface area contributed by atoms with Gasteiger partial charge in [-0.25, -0.2) is 4.68 Å². The zero-order chi connectivity index (χ0) is 13.4. The summed E-state index contributed by atoms with van der Waals surface area (Å²) in [6.07, 6.45) is 4.30. The molecule has 4 heteroatoms. The lowest BCUT2D eigenvalue weighted by molar-refractivity contribution is 0.370. The number of nitrogens with zero attached hydrogens (tertiary/aromatic N) is 2. The lowest BCUT2D eigenvalue weighted by atomic mass is 10.1. The number of hydrogen-bond acceptors (Lipinski definition) is 3. The van der Waals surface area contributed by atoms with Gasteiger partial charge >= 0.3 is 0 Å². The van der Waals surface area contributed by atoms with Crippen molar-refractivity contribution < 1.29 is 0 Å². The second-order valence-corrected chi connectivity index (χ2v) is 5.84. The predicted molar refractivity (Wildman–Crippen MR) is 79.7 cm³/mol. The quantitative estimate of drug-likeness (QED) is 0.897. The van der Waals surface area contributed by atoms with E-state index in [4.69, 9.17) is 0 Å². The summed E-state index contributed by atoms with van der Waals surface area (Å²) in [6, 6.07) is 11.4. The number of fused-ring (bicyclic) bond motifs is 2.